The Kier molecular flexibility index (Phi) is 3.27. The summed E-state index contributed by atoms with van der Waals surface area (Å²) in [6, 6.07) is 7.81. The number of oxime groups is 1. The van der Waals surface area contributed by atoms with Gasteiger partial charge in [0, 0.05) is 10.9 Å². The molecule has 0 aromatic heterocycles. The molecule has 1 aromatic carbocycles. The van der Waals surface area contributed by atoms with Crippen LogP contribution in [0.5, 0.6) is 0 Å². The van der Waals surface area contributed by atoms with E-state index < -0.39 is 0 Å². The topological polar surface area (TPSA) is 32.6 Å². The molecule has 0 saturated heterocycles. The van der Waals surface area contributed by atoms with E-state index >= 15 is 0 Å². The van der Waals surface area contributed by atoms with Crippen LogP contribution in [0.2, 0.25) is 5.02 Å². The van der Waals surface area contributed by atoms with Crippen molar-refractivity contribution in [1.82, 2.24) is 0 Å². The summed E-state index contributed by atoms with van der Waals surface area (Å²) in [6.07, 6.45) is 4.31. The number of hydrogen-bond donors (Lipinski definition) is 1. The van der Waals surface area contributed by atoms with Gasteiger partial charge in [0.15, 0.2) is 0 Å². The van der Waals surface area contributed by atoms with Crippen LogP contribution in [0.4, 0.5) is 0 Å². The van der Waals surface area contributed by atoms with Gasteiger partial charge in [-0.1, -0.05) is 35.3 Å². The van der Waals surface area contributed by atoms with E-state index in [-0.39, 0.29) is 5.92 Å². The lowest BCUT2D eigenvalue weighted by Gasteiger charge is -2.23. The molecule has 1 atom stereocenters. The lowest BCUT2D eigenvalue weighted by atomic mass is 9.82. The number of nitrogens with zero attached hydrogens (tertiary/aromatic N) is 1. The lowest BCUT2D eigenvalue weighted by Crippen LogP contribution is -2.17. The van der Waals surface area contributed by atoms with Gasteiger partial charge in [-0.2, -0.15) is 0 Å². The Morgan fingerprint density at radius 2 is 1.93 bits per heavy atom. The predicted molar refractivity (Wildman–Crippen MR) is 61.9 cm³/mol. The number of benzene rings is 1. The standard InChI is InChI=1S/C12H14ClNO/c13-10-7-5-9(6-8-10)11-3-1-2-4-12(11)14-15/h5-8,11,15H,1-4H2. The Labute approximate surface area is 94.6 Å². The normalized spacial score (nSPS) is 24.3. The van der Waals surface area contributed by atoms with Gasteiger partial charge in [0.25, 0.3) is 0 Å². The van der Waals surface area contributed by atoms with E-state index in [0.717, 1.165) is 30.0 Å². The third kappa shape index (κ3) is 2.32. The Morgan fingerprint density at radius 3 is 2.60 bits per heavy atom. The van der Waals surface area contributed by atoms with E-state index in [0.29, 0.717) is 0 Å². The molecule has 0 aliphatic heterocycles. The van der Waals surface area contributed by atoms with E-state index in [2.05, 4.69) is 5.16 Å². The van der Waals surface area contributed by atoms with Crippen molar-refractivity contribution in [1.29, 1.82) is 0 Å². The Bertz CT molecular complexity index is 358. The molecule has 1 fully saturated rings. The molecule has 0 spiro atoms. The number of hydrogen-bond acceptors (Lipinski definition) is 2. The van der Waals surface area contributed by atoms with Crippen molar-refractivity contribution in [2.45, 2.75) is 31.6 Å². The van der Waals surface area contributed by atoms with Gasteiger partial charge in [-0.05, 0) is 37.0 Å². The third-order valence-corrected chi connectivity index (χ3v) is 3.23. The van der Waals surface area contributed by atoms with E-state index in [9.17, 15) is 0 Å². The molecule has 1 N–H and O–H groups in total. The second kappa shape index (κ2) is 4.67. The summed E-state index contributed by atoms with van der Waals surface area (Å²) >= 11 is 5.84. The largest absolute Gasteiger partial charge is 0.411 e. The minimum absolute atomic E-state index is 0.279. The highest BCUT2D eigenvalue weighted by Gasteiger charge is 2.22. The highest BCUT2D eigenvalue weighted by molar-refractivity contribution is 6.30. The minimum Gasteiger partial charge on any atom is -0.411 e. The zero-order valence-corrected chi connectivity index (χ0v) is 9.24. The monoisotopic (exact) mass is 223 g/mol. The van der Waals surface area contributed by atoms with Crippen molar-refractivity contribution in [2.24, 2.45) is 5.16 Å². The smallest absolute Gasteiger partial charge is 0.0645 e. The van der Waals surface area contributed by atoms with Crippen LogP contribution in [0.25, 0.3) is 0 Å². The van der Waals surface area contributed by atoms with Crippen molar-refractivity contribution in [2.75, 3.05) is 0 Å². The van der Waals surface area contributed by atoms with Crippen LogP contribution in [0.3, 0.4) is 0 Å². The average Bonchev–Trinajstić information content (AvgIpc) is 2.30. The first kappa shape index (κ1) is 10.5. The summed E-state index contributed by atoms with van der Waals surface area (Å²) in [6.45, 7) is 0. The van der Waals surface area contributed by atoms with Crippen LogP contribution in [-0.4, -0.2) is 10.9 Å². The van der Waals surface area contributed by atoms with Crippen LogP contribution < -0.4 is 0 Å². The first-order valence-corrected chi connectivity index (χ1v) is 5.65. The van der Waals surface area contributed by atoms with Gasteiger partial charge in [0.2, 0.25) is 0 Å². The Morgan fingerprint density at radius 1 is 1.20 bits per heavy atom. The van der Waals surface area contributed by atoms with Crippen molar-refractivity contribution in [3.8, 4) is 0 Å². The fourth-order valence-electron chi connectivity index (χ4n) is 2.17. The summed E-state index contributed by atoms with van der Waals surface area (Å²) < 4.78 is 0. The molecule has 3 heteroatoms. The molecule has 0 heterocycles. The van der Waals surface area contributed by atoms with Gasteiger partial charge in [-0.25, -0.2) is 0 Å². The molecule has 15 heavy (non-hydrogen) atoms. The fourth-order valence-corrected chi connectivity index (χ4v) is 2.30. The highest BCUT2D eigenvalue weighted by atomic mass is 35.5. The zero-order valence-electron chi connectivity index (χ0n) is 8.49. The van der Waals surface area contributed by atoms with Gasteiger partial charge in [0.05, 0.1) is 5.71 Å². The van der Waals surface area contributed by atoms with Crippen LogP contribution in [0, 0.1) is 0 Å². The van der Waals surface area contributed by atoms with E-state index in [1.165, 1.54) is 12.0 Å². The average molecular weight is 224 g/mol. The van der Waals surface area contributed by atoms with E-state index in [4.69, 9.17) is 16.8 Å². The van der Waals surface area contributed by atoms with Crippen LogP contribution in [-0.2, 0) is 0 Å². The zero-order chi connectivity index (χ0) is 10.7. The molecule has 80 valence electrons. The Balaban J connectivity index is 2.24. The van der Waals surface area contributed by atoms with Crippen LogP contribution in [0.15, 0.2) is 29.4 Å². The molecular weight excluding hydrogens is 210 g/mol. The van der Waals surface area contributed by atoms with Gasteiger partial charge in [-0.3, -0.25) is 0 Å². The molecule has 1 aliphatic rings. The maximum absolute atomic E-state index is 8.94. The highest BCUT2D eigenvalue weighted by Crippen LogP contribution is 2.31. The molecule has 1 aliphatic carbocycles. The number of halogens is 1. The second-order valence-corrected chi connectivity index (χ2v) is 4.38. The van der Waals surface area contributed by atoms with Gasteiger partial charge in [-0.15, -0.1) is 0 Å². The molecule has 2 nitrogen and oxygen atoms in total. The maximum Gasteiger partial charge on any atom is 0.0645 e. The van der Waals surface area contributed by atoms with Gasteiger partial charge in [0.1, 0.15) is 0 Å². The van der Waals surface area contributed by atoms with Crippen molar-refractivity contribution in [3.63, 3.8) is 0 Å². The summed E-state index contributed by atoms with van der Waals surface area (Å²) in [5, 5.41) is 13.1. The summed E-state index contributed by atoms with van der Waals surface area (Å²) in [5.41, 5.74) is 2.11. The fraction of sp³-hybridized carbons (Fsp3) is 0.417. The summed E-state index contributed by atoms with van der Waals surface area (Å²) in [7, 11) is 0. The molecular formula is C12H14ClNO. The lowest BCUT2D eigenvalue weighted by molar-refractivity contribution is 0.312. The van der Waals surface area contributed by atoms with Crippen molar-refractivity contribution in [3.05, 3.63) is 34.9 Å². The summed E-state index contributed by atoms with van der Waals surface area (Å²) in [4.78, 5) is 0. The van der Waals surface area contributed by atoms with Gasteiger partial charge >= 0.3 is 0 Å². The molecule has 1 saturated carbocycles. The SMILES string of the molecule is ON=C1CCCCC1c1ccc(Cl)cc1. The molecule has 1 aromatic rings. The first-order valence-electron chi connectivity index (χ1n) is 5.27. The second-order valence-electron chi connectivity index (χ2n) is 3.94. The minimum atomic E-state index is 0.279. The molecule has 2 rings (SSSR count). The van der Waals surface area contributed by atoms with E-state index in [1.807, 2.05) is 24.3 Å². The van der Waals surface area contributed by atoms with Crippen LogP contribution >= 0.6 is 11.6 Å². The van der Waals surface area contributed by atoms with Gasteiger partial charge < -0.3 is 5.21 Å². The molecule has 1 unspecified atom stereocenters. The quantitative estimate of drug-likeness (QED) is 0.570. The van der Waals surface area contributed by atoms with Crippen molar-refractivity contribution >= 4 is 17.3 Å². The first-order chi connectivity index (χ1) is 7.31. The van der Waals surface area contributed by atoms with E-state index in [1.54, 1.807) is 0 Å². The van der Waals surface area contributed by atoms with Crippen LogP contribution in [0.1, 0.15) is 37.2 Å². The third-order valence-electron chi connectivity index (χ3n) is 2.98. The van der Waals surface area contributed by atoms with Crippen molar-refractivity contribution < 1.29 is 5.21 Å². The molecule has 0 bridgehead atoms. The Hall–Kier alpha value is -1.02. The predicted octanol–water partition coefficient (Wildman–Crippen LogP) is 3.83. The molecule has 0 amide bonds. The summed E-state index contributed by atoms with van der Waals surface area (Å²) in [5.74, 6) is 0.279. The number of rotatable bonds is 1. The molecule has 0 radical (unpaired) electrons. The maximum atomic E-state index is 8.94.